The number of aryl methyl sites for hydroxylation is 1. The van der Waals surface area contributed by atoms with Crippen LogP contribution in [0.5, 0.6) is 5.75 Å². The Hall–Kier alpha value is -3.55. The maximum atomic E-state index is 12.9. The van der Waals surface area contributed by atoms with Gasteiger partial charge in [-0.2, -0.15) is 0 Å². The zero-order chi connectivity index (χ0) is 23.8. The third-order valence-corrected chi connectivity index (χ3v) is 5.78. The lowest BCUT2D eigenvalue weighted by Crippen LogP contribution is -2.53. The minimum Gasteiger partial charge on any atom is -0.497 e. The first kappa shape index (κ1) is 24.1. The number of rotatable bonds is 7. The first-order chi connectivity index (χ1) is 15.9. The average molecular weight is 453 g/mol. The normalized spacial score (nSPS) is 14.8. The Morgan fingerprint density at radius 1 is 1.09 bits per heavy atom. The molecule has 1 heterocycles. The van der Waals surface area contributed by atoms with Gasteiger partial charge in [0, 0.05) is 38.2 Å². The molecule has 2 aromatic carbocycles. The number of carbonyl (C=O) groups is 3. The summed E-state index contributed by atoms with van der Waals surface area (Å²) < 4.78 is 5.25. The lowest BCUT2D eigenvalue weighted by atomic mass is 10.0. The zero-order valence-corrected chi connectivity index (χ0v) is 19.4. The number of likely N-dealkylation sites (tertiary alicyclic amines) is 1. The SMILES string of the molecule is COc1cccc(C[C@H](NC(C)=O)C(=O)NC2CCN(C(=O)Nc3ccccc3C)CC2)c1. The maximum absolute atomic E-state index is 12.9. The van der Waals surface area contributed by atoms with Gasteiger partial charge in [0.1, 0.15) is 11.8 Å². The second kappa shape index (κ2) is 11.4. The van der Waals surface area contributed by atoms with Crippen LogP contribution in [0, 0.1) is 6.92 Å². The van der Waals surface area contributed by atoms with Crippen LogP contribution in [0.15, 0.2) is 48.5 Å². The fraction of sp³-hybridized carbons (Fsp3) is 0.400. The van der Waals surface area contributed by atoms with Gasteiger partial charge in [0.15, 0.2) is 0 Å². The summed E-state index contributed by atoms with van der Waals surface area (Å²) in [5.41, 5.74) is 2.70. The van der Waals surface area contributed by atoms with Gasteiger partial charge in [-0.15, -0.1) is 0 Å². The Morgan fingerprint density at radius 3 is 2.48 bits per heavy atom. The summed E-state index contributed by atoms with van der Waals surface area (Å²) in [4.78, 5) is 39.0. The molecule has 0 spiro atoms. The third-order valence-electron chi connectivity index (χ3n) is 5.78. The highest BCUT2D eigenvalue weighted by molar-refractivity contribution is 5.90. The quantitative estimate of drug-likeness (QED) is 0.601. The molecule has 1 saturated heterocycles. The smallest absolute Gasteiger partial charge is 0.321 e. The molecule has 0 saturated carbocycles. The molecule has 3 N–H and O–H groups in total. The highest BCUT2D eigenvalue weighted by atomic mass is 16.5. The van der Waals surface area contributed by atoms with Gasteiger partial charge in [-0.25, -0.2) is 4.79 Å². The number of nitrogens with zero attached hydrogens (tertiary/aromatic N) is 1. The highest BCUT2D eigenvalue weighted by Crippen LogP contribution is 2.17. The van der Waals surface area contributed by atoms with Crippen LogP contribution in [0.25, 0.3) is 0 Å². The molecule has 3 rings (SSSR count). The van der Waals surface area contributed by atoms with E-state index in [1.807, 2.05) is 55.5 Å². The first-order valence-electron chi connectivity index (χ1n) is 11.2. The van der Waals surface area contributed by atoms with E-state index in [9.17, 15) is 14.4 Å². The zero-order valence-electron chi connectivity index (χ0n) is 19.4. The van der Waals surface area contributed by atoms with Crippen molar-refractivity contribution in [3.8, 4) is 5.75 Å². The number of methoxy groups -OCH3 is 1. The molecule has 33 heavy (non-hydrogen) atoms. The summed E-state index contributed by atoms with van der Waals surface area (Å²) in [5, 5.41) is 8.75. The number of piperidine rings is 1. The van der Waals surface area contributed by atoms with E-state index < -0.39 is 6.04 Å². The second-order valence-corrected chi connectivity index (χ2v) is 8.32. The van der Waals surface area contributed by atoms with E-state index in [4.69, 9.17) is 4.74 Å². The summed E-state index contributed by atoms with van der Waals surface area (Å²) in [6, 6.07) is 14.2. The number of para-hydroxylation sites is 1. The van der Waals surface area contributed by atoms with Crippen LogP contribution in [0.4, 0.5) is 10.5 Å². The summed E-state index contributed by atoms with van der Waals surface area (Å²) in [6.45, 7) is 4.44. The average Bonchev–Trinajstić information content (AvgIpc) is 2.80. The number of hydrogen-bond acceptors (Lipinski definition) is 4. The Kier molecular flexibility index (Phi) is 8.29. The highest BCUT2D eigenvalue weighted by Gasteiger charge is 2.27. The molecular weight excluding hydrogens is 420 g/mol. The van der Waals surface area contributed by atoms with Crippen LogP contribution in [0.3, 0.4) is 0 Å². The lowest BCUT2D eigenvalue weighted by molar-refractivity contribution is -0.128. The molecule has 0 radical (unpaired) electrons. The van der Waals surface area contributed by atoms with Crippen LogP contribution in [-0.2, 0) is 16.0 Å². The van der Waals surface area contributed by atoms with E-state index in [1.165, 1.54) is 6.92 Å². The fourth-order valence-electron chi connectivity index (χ4n) is 3.93. The van der Waals surface area contributed by atoms with Crippen LogP contribution in [0.1, 0.15) is 30.9 Å². The van der Waals surface area contributed by atoms with Gasteiger partial charge in [-0.3, -0.25) is 9.59 Å². The monoisotopic (exact) mass is 452 g/mol. The van der Waals surface area contributed by atoms with Crippen molar-refractivity contribution in [2.24, 2.45) is 0 Å². The third kappa shape index (κ3) is 6.97. The number of nitrogens with one attached hydrogen (secondary N) is 3. The van der Waals surface area contributed by atoms with E-state index in [2.05, 4.69) is 16.0 Å². The topological polar surface area (TPSA) is 99.8 Å². The molecule has 1 aliphatic rings. The van der Waals surface area contributed by atoms with Crippen LogP contribution >= 0.6 is 0 Å². The predicted octanol–water partition coefficient (Wildman–Crippen LogP) is 2.86. The molecule has 0 bridgehead atoms. The minimum absolute atomic E-state index is 0.0541. The fourth-order valence-corrected chi connectivity index (χ4v) is 3.93. The molecule has 8 heteroatoms. The number of urea groups is 1. The molecule has 1 fully saturated rings. The number of hydrogen-bond donors (Lipinski definition) is 3. The number of ether oxygens (including phenoxy) is 1. The first-order valence-corrected chi connectivity index (χ1v) is 11.2. The largest absolute Gasteiger partial charge is 0.497 e. The number of benzene rings is 2. The molecule has 4 amide bonds. The van der Waals surface area contributed by atoms with E-state index in [0.29, 0.717) is 38.1 Å². The van der Waals surface area contributed by atoms with E-state index >= 15 is 0 Å². The van der Waals surface area contributed by atoms with Crippen molar-refractivity contribution in [2.75, 3.05) is 25.5 Å². The van der Waals surface area contributed by atoms with Gasteiger partial charge in [0.05, 0.1) is 7.11 Å². The standard InChI is InChI=1S/C25H32N4O4/c1-17-7-4-5-10-22(17)28-25(32)29-13-11-20(12-14-29)27-24(31)23(26-18(2)30)16-19-8-6-9-21(15-19)33-3/h4-10,15,20,23H,11-14,16H2,1-3H3,(H,26,30)(H,27,31)(H,28,32)/t23-/m0/s1. The van der Waals surface area contributed by atoms with Gasteiger partial charge in [0.25, 0.3) is 0 Å². The number of carbonyl (C=O) groups excluding carboxylic acids is 3. The summed E-state index contributed by atoms with van der Waals surface area (Å²) in [6.07, 6.45) is 1.66. The van der Waals surface area contributed by atoms with Gasteiger partial charge < -0.3 is 25.6 Å². The van der Waals surface area contributed by atoms with Crippen molar-refractivity contribution in [2.45, 2.75) is 45.2 Å². The Balaban J connectivity index is 1.53. The number of anilines is 1. The summed E-state index contributed by atoms with van der Waals surface area (Å²) in [7, 11) is 1.59. The summed E-state index contributed by atoms with van der Waals surface area (Å²) >= 11 is 0. The van der Waals surface area contributed by atoms with Crippen LogP contribution < -0.4 is 20.7 Å². The Labute approximate surface area is 194 Å². The lowest BCUT2D eigenvalue weighted by Gasteiger charge is -2.33. The van der Waals surface area contributed by atoms with Crippen molar-refractivity contribution in [3.05, 3.63) is 59.7 Å². The molecule has 176 valence electrons. The van der Waals surface area contributed by atoms with Gasteiger partial charge in [-0.1, -0.05) is 30.3 Å². The predicted molar refractivity (Wildman–Crippen MR) is 127 cm³/mol. The van der Waals surface area contributed by atoms with Crippen molar-refractivity contribution in [3.63, 3.8) is 0 Å². The molecular formula is C25H32N4O4. The van der Waals surface area contributed by atoms with E-state index in [-0.39, 0.29) is 23.9 Å². The Bertz CT molecular complexity index is 986. The molecule has 2 aromatic rings. The summed E-state index contributed by atoms with van der Waals surface area (Å²) in [5.74, 6) is 0.211. The van der Waals surface area contributed by atoms with Crippen molar-refractivity contribution >= 4 is 23.5 Å². The second-order valence-electron chi connectivity index (χ2n) is 8.32. The minimum atomic E-state index is -0.683. The van der Waals surface area contributed by atoms with E-state index in [1.54, 1.807) is 12.0 Å². The van der Waals surface area contributed by atoms with E-state index in [0.717, 1.165) is 16.8 Å². The molecule has 0 unspecified atom stereocenters. The molecule has 0 aliphatic carbocycles. The molecule has 1 aliphatic heterocycles. The van der Waals surface area contributed by atoms with Crippen molar-refractivity contribution < 1.29 is 19.1 Å². The van der Waals surface area contributed by atoms with Gasteiger partial charge in [-0.05, 0) is 49.1 Å². The van der Waals surface area contributed by atoms with Gasteiger partial charge >= 0.3 is 6.03 Å². The van der Waals surface area contributed by atoms with Gasteiger partial charge in [0.2, 0.25) is 11.8 Å². The molecule has 0 aromatic heterocycles. The maximum Gasteiger partial charge on any atom is 0.321 e. The molecule has 1 atom stereocenters. The van der Waals surface area contributed by atoms with Crippen molar-refractivity contribution in [1.29, 1.82) is 0 Å². The Morgan fingerprint density at radius 2 is 1.82 bits per heavy atom. The van der Waals surface area contributed by atoms with Crippen molar-refractivity contribution in [1.82, 2.24) is 15.5 Å². The van der Waals surface area contributed by atoms with Crippen LogP contribution in [-0.4, -0.2) is 55.0 Å². The molecule has 8 nitrogen and oxygen atoms in total. The van der Waals surface area contributed by atoms with Crippen LogP contribution in [0.2, 0.25) is 0 Å². The number of amides is 4.